The highest BCUT2D eigenvalue weighted by atomic mass is 35.5. The minimum absolute atomic E-state index is 0. The van der Waals surface area contributed by atoms with Crippen molar-refractivity contribution in [3.8, 4) is 0 Å². The second-order valence-electron chi connectivity index (χ2n) is 17.4. The molecule has 0 bridgehead atoms. The van der Waals surface area contributed by atoms with E-state index in [2.05, 4.69) is 38.6 Å². The maximum atomic E-state index is 12.8. The Morgan fingerprint density at radius 1 is 0.463 bits per heavy atom. The first-order valence-electron chi connectivity index (χ1n) is 23.8. The fourth-order valence-corrected chi connectivity index (χ4v) is 7.68. The Kier molecular flexibility index (Phi) is 44.3. The van der Waals surface area contributed by atoms with Crippen LogP contribution in [0.4, 0.5) is 0 Å². The second-order valence-corrected chi connectivity index (χ2v) is 17.4. The van der Waals surface area contributed by atoms with Crippen molar-refractivity contribution in [1.82, 2.24) is 10.6 Å². The fraction of sp³-hybridized carbons (Fsp3) is 0.957. The highest BCUT2D eigenvalue weighted by molar-refractivity contribution is 5.76. The van der Waals surface area contributed by atoms with E-state index < -0.39 is 0 Å². The number of halogens is 1. The van der Waals surface area contributed by atoms with Crippen molar-refractivity contribution in [2.24, 2.45) is 0 Å². The number of hydrogen-bond donors (Lipinski definition) is 3. The molecule has 0 aromatic rings. The Hall–Kier alpha value is -0.850. The molecular weight excluding hydrogens is 690 g/mol. The molecule has 3 N–H and O–H groups in total. The molecule has 0 aromatic heterocycles. The summed E-state index contributed by atoms with van der Waals surface area (Å²) in [6.45, 7) is 7.45. The van der Waals surface area contributed by atoms with Gasteiger partial charge in [0.05, 0.1) is 27.2 Å². The van der Waals surface area contributed by atoms with Crippen LogP contribution in [-0.2, 0) is 9.59 Å². The van der Waals surface area contributed by atoms with Gasteiger partial charge in [0, 0.05) is 44.9 Å². The zero-order chi connectivity index (χ0) is 38.9. The number of carbonyl (C=O) groups is 2. The first-order valence-corrected chi connectivity index (χ1v) is 23.8. The number of carbonyl (C=O) groups excluding carboxylic acids is 2. The van der Waals surface area contributed by atoms with E-state index in [1.807, 2.05) is 0 Å². The molecule has 0 radical (unpaired) electrons. The van der Waals surface area contributed by atoms with Gasteiger partial charge in [0.1, 0.15) is 0 Å². The van der Waals surface area contributed by atoms with E-state index >= 15 is 0 Å². The van der Waals surface area contributed by atoms with Gasteiger partial charge in [0.15, 0.2) is 0 Å². The summed E-state index contributed by atoms with van der Waals surface area (Å²) < 4.78 is 0.874. The zero-order valence-electron chi connectivity index (χ0n) is 37.0. The van der Waals surface area contributed by atoms with E-state index in [4.69, 9.17) is 0 Å². The summed E-state index contributed by atoms with van der Waals surface area (Å²) in [5.74, 6) is 0.371. The predicted octanol–water partition coefficient (Wildman–Crippen LogP) is 9.74. The van der Waals surface area contributed by atoms with Gasteiger partial charge >= 0.3 is 0 Å². The van der Waals surface area contributed by atoms with Crippen LogP contribution in [0.1, 0.15) is 245 Å². The number of nitrogens with zero attached hydrogens (tertiary/aromatic N) is 1. The van der Waals surface area contributed by atoms with Crippen molar-refractivity contribution < 1.29 is 31.6 Å². The third-order valence-corrected chi connectivity index (χ3v) is 11.4. The summed E-state index contributed by atoms with van der Waals surface area (Å²) >= 11 is 0. The maximum absolute atomic E-state index is 12.8. The smallest absolute Gasteiger partial charge is 0.220 e. The van der Waals surface area contributed by atoms with E-state index in [1.165, 1.54) is 173 Å². The SMILES string of the molecule is CCCCCCCCCCCCCCCCCC(=O)NCCC[N+](C)(C)CCC(CCCO)NC(=O)CCCCCCCCCCCCCCCCC.[Cl-]. The van der Waals surface area contributed by atoms with Crippen molar-refractivity contribution in [3.05, 3.63) is 0 Å². The van der Waals surface area contributed by atoms with Crippen LogP contribution in [0.3, 0.4) is 0 Å². The first-order chi connectivity index (χ1) is 25.8. The lowest BCUT2D eigenvalue weighted by molar-refractivity contribution is -0.890. The number of unbranched alkanes of at least 4 members (excludes halogenated alkanes) is 28. The number of aliphatic hydroxyl groups is 1. The molecule has 1 unspecified atom stereocenters. The molecule has 54 heavy (non-hydrogen) atoms. The van der Waals surface area contributed by atoms with Crippen LogP contribution in [0.5, 0.6) is 0 Å². The summed E-state index contributed by atoms with van der Waals surface area (Å²) in [4.78, 5) is 25.1. The molecule has 6 nitrogen and oxygen atoms in total. The second kappa shape index (κ2) is 43.3. The Morgan fingerprint density at radius 2 is 0.815 bits per heavy atom. The molecule has 0 saturated heterocycles. The molecule has 0 fully saturated rings. The van der Waals surface area contributed by atoms with Gasteiger partial charge in [-0.25, -0.2) is 0 Å². The van der Waals surface area contributed by atoms with Crippen molar-refractivity contribution in [1.29, 1.82) is 0 Å². The quantitative estimate of drug-likeness (QED) is 0.0426. The van der Waals surface area contributed by atoms with E-state index in [0.717, 1.165) is 69.1 Å². The predicted molar refractivity (Wildman–Crippen MR) is 231 cm³/mol. The van der Waals surface area contributed by atoms with E-state index in [9.17, 15) is 14.7 Å². The molecule has 324 valence electrons. The Labute approximate surface area is 344 Å². The molecular formula is C47H96ClN3O3. The number of aliphatic hydroxyl groups excluding tert-OH is 1. The summed E-state index contributed by atoms with van der Waals surface area (Å²) in [6.07, 6.45) is 44.9. The number of nitrogens with one attached hydrogen (secondary N) is 2. The van der Waals surface area contributed by atoms with E-state index in [-0.39, 0.29) is 36.9 Å². The van der Waals surface area contributed by atoms with Crippen LogP contribution >= 0.6 is 0 Å². The molecule has 2 amide bonds. The molecule has 7 heteroatoms. The largest absolute Gasteiger partial charge is 1.00 e. The van der Waals surface area contributed by atoms with Crippen LogP contribution < -0.4 is 23.0 Å². The first kappa shape index (κ1) is 55.2. The molecule has 0 aliphatic rings. The lowest BCUT2D eigenvalue weighted by Gasteiger charge is -2.32. The summed E-state index contributed by atoms with van der Waals surface area (Å²) in [5.41, 5.74) is 0. The molecule has 0 saturated carbocycles. The molecule has 0 aromatic carbocycles. The maximum Gasteiger partial charge on any atom is 0.220 e. The summed E-state index contributed by atoms with van der Waals surface area (Å²) in [5, 5.41) is 15.9. The Morgan fingerprint density at radius 3 is 1.19 bits per heavy atom. The lowest BCUT2D eigenvalue weighted by atomic mass is 10.0. The van der Waals surface area contributed by atoms with Gasteiger partial charge in [-0.3, -0.25) is 9.59 Å². The van der Waals surface area contributed by atoms with Crippen LogP contribution in [-0.4, -0.2) is 67.8 Å². The van der Waals surface area contributed by atoms with Gasteiger partial charge in [0.2, 0.25) is 11.8 Å². The molecule has 0 heterocycles. The van der Waals surface area contributed by atoms with E-state index in [0.29, 0.717) is 12.8 Å². The van der Waals surface area contributed by atoms with Crippen LogP contribution in [0, 0.1) is 0 Å². The van der Waals surface area contributed by atoms with Crippen LogP contribution in [0.2, 0.25) is 0 Å². The zero-order valence-corrected chi connectivity index (χ0v) is 37.7. The highest BCUT2D eigenvalue weighted by Crippen LogP contribution is 2.16. The van der Waals surface area contributed by atoms with Crippen molar-refractivity contribution in [2.45, 2.75) is 251 Å². The molecule has 0 aliphatic heterocycles. The minimum Gasteiger partial charge on any atom is -1.00 e. The van der Waals surface area contributed by atoms with Crippen LogP contribution in [0.15, 0.2) is 0 Å². The highest BCUT2D eigenvalue weighted by Gasteiger charge is 2.20. The number of hydrogen-bond acceptors (Lipinski definition) is 3. The molecule has 0 aliphatic carbocycles. The lowest BCUT2D eigenvalue weighted by Crippen LogP contribution is -3.00. The minimum atomic E-state index is 0. The average molecular weight is 787 g/mol. The molecule has 0 rings (SSSR count). The van der Waals surface area contributed by atoms with Gasteiger partial charge in [-0.05, 0) is 25.7 Å². The Bertz CT molecular complexity index is 781. The molecule has 0 spiro atoms. The third-order valence-electron chi connectivity index (χ3n) is 11.4. The van der Waals surface area contributed by atoms with Gasteiger partial charge < -0.3 is 32.6 Å². The van der Waals surface area contributed by atoms with Gasteiger partial charge in [-0.15, -0.1) is 0 Å². The third kappa shape index (κ3) is 42.3. The topological polar surface area (TPSA) is 78.4 Å². The van der Waals surface area contributed by atoms with Crippen LogP contribution in [0.25, 0.3) is 0 Å². The fourth-order valence-electron chi connectivity index (χ4n) is 7.68. The normalized spacial score (nSPS) is 12.1. The number of rotatable bonds is 43. The number of quaternary nitrogens is 1. The summed E-state index contributed by atoms with van der Waals surface area (Å²) in [6, 6.07) is 0.123. The van der Waals surface area contributed by atoms with Crippen molar-refractivity contribution in [2.75, 3.05) is 40.3 Å². The van der Waals surface area contributed by atoms with Crippen molar-refractivity contribution >= 4 is 11.8 Å². The average Bonchev–Trinajstić information content (AvgIpc) is 3.14. The molecule has 1 atom stereocenters. The van der Waals surface area contributed by atoms with Crippen molar-refractivity contribution in [3.63, 3.8) is 0 Å². The van der Waals surface area contributed by atoms with Gasteiger partial charge in [-0.2, -0.15) is 0 Å². The summed E-state index contributed by atoms with van der Waals surface area (Å²) in [7, 11) is 4.50. The van der Waals surface area contributed by atoms with Gasteiger partial charge in [0.25, 0.3) is 0 Å². The monoisotopic (exact) mass is 786 g/mol. The standard InChI is InChI=1S/C47H95N3O3.ClH/c1-5-7-9-11-13-15-17-19-21-23-25-27-29-31-33-38-46(52)48-41-36-42-50(3,4)43-40-45(37-35-44-51)49-47(53)39-34-32-30-28-26-24-22-20-18-16-14-12-10-8-6-2;/h45,51H,5-44H2,1-4H3,(H-,48,49,52,53);1H. The van der Waals surface area contributed by atoms with Gasteiger partial charge in [-0.1, -0.05) is 194 Å². The van der Waals surface area contributed by atoms with E-state index in [1.54, 1.807) is 0 Å². The number of amides is 2. The Balaban J connectivity index is 0.